The molecule has 3 aromatic carbocycles. The lowest BCUT2D eigenvalue weighted by molar-refractivity contribution is -0.400. The van der Waals surface area contributed by atoms with Crippen molar-refractivity contribution in [3.8, 4) is 17.1 Å². The first-order chi connectivity index (χ1) is 12.7. The third-order valence-electron chi connectivity index (χ3n) is 4.44. The molecule has 2 N–H and O–H groups in total. The molecule has 0 saturated carbocycles. The Bertz CT molecular complexity index is 1110. The lowest BCUT2D eigenvalue weighted by atomic mass is 10.1. The predicted molar refractivity (Wildman–Crippen MR) is 103 cm³/mol. The van der Waals surface area contributed by atoms with Gasteiger partial charge in [-0.1, -0.05) is 43.3 Å². The quantitative estimate of drug-likeness (QED) is 0.558. The van der Waals surface area contributed by atoms with Crippen molar-refractivity contribution in [3.63, 3.8) is 0 Å². The zero-order chi connectivity index (χ0) is 17.9. The van der Waals surface area contributed by atoms with Crippen LogP contribution in [0.2, 0.25) is 0 Å². The molecule has 26 heavy (non-hydrogen) atoms. The van der Waals surface area contributed by atoms with Crippen molar-refractivity contribution in [1.29, 1.82) is 0 Å². The fourth-order valence-electron chi connectivity index (χ4n) is 3.00. The maximum absolute atomic E-state index is 9.51. The smallest absolute Gasteiger partial charge is 0.218 e. The predicted octanol–water partition coefficient (Wildman–Crippen LogP) is 3.68. The Morgan fingerprint density at radius 3 is 2.38 bits per heavy atom. The summed E-state index contributed by atoms with van der Waals surface area (Å²) >= 11 is 0. The Labute approximate surface area is 151 Å². The van der Waals surface area contributed by atoms with Crippen molar-refractivity contribution < 1.29 is 14.5 Å². The summed E-state index contributed by atoms with van der Waals surface area (Å²) in [5.41, 5.74) is 4.04. The second-order valence-electron chi connectivity index (χ2n) is 6.25. The molecule has 0 aliphatic carbocycles. The zero-order valence-electron chi connectivity index (χ0n) is 14.6. The van der Waals surface area contributed by atoms with Crippen LogP contribution in [-0.4, -0.2) is 5.11 Å². The second kappa shape index (κ2) is 6.89. The molecule has 0 aliphatic rings. The van der Waals surface area contributed by atoms with E-state index in [2.05, 4.69) is 24.0 Å². The van der Waals surface area contributed by atoms with E-state index in [9.17, 15) is 5.11 Å². The molecule has 0 saturated heterocycles. The lowest BCUT2D eigenvalue weighted by Crippen LogP contribution is -2.70. The summed E-state index contributed by atoms with van der Waals surface area (Å²) < 4.78 is 6.16. The molecule has 0 bridgehead atoms. The summed E-state index contributed by atoms with van der Waals surface area (Å²) in [4.78, 5) is 3.46. The summed E-state index contributed by atoms with van der Waals surface area (Å²) in [6, 6.07) is 25.5. The fourth-order valence-corrected chi connectivity index (χ4v) is 3.00. The summed E-state index contributed by atoms with van der Waals surface area (Å²) in [6.45, 7) is 2.14. The molecular weight excluding hydrogens is 322 g/mol. The highest BCUT2D eigenvalue weighted by atomic mass is 16.3. The Kier molecular flexibility index (Phi) is 4.28. The first kappa shape index (κ1) is 16.2. The Morgan fingerprint density at radius 1 is 0.885 bits per heavy atom. The number of rotatable bonds is 3. The summed E-state index contributed by atoms with van der Waals surface area (Å²) in [5, 5.41) is 11.5. The van der Waals surface area contributed by atoms with Gasteiger partial charge in [-0.3, -0.25) is 0 Å². The standard InChI is InChI=1S/C23H19NO2/c1-2-16-8-13-22-20(14-16)21(24-18-9-11-19(25)12-10-18)15-23(26-22)17-6-4-3-5-7-17/h3-15,25H,2H2,1H3/p+1. The van der Waals surface area contributed by atoms with Gasteiger partial charge < -0.3 is 9.52 Å². The number of hydrogen-bond acceptors (Lipinski definition) is 2. The fraction of sp³-hybridized carbons (Fsp3) is 0.0870. The van der Waals surface area contributed by atoms with Crippen molar-refractivity contribution in [1.82, 2.24) is 0 Å². The number of benzene rings is 3. The number of nitrogens with one attached hydrogen (secondary N) is 1. The highest BCUT2D eigenvalue weighted by molar-refractivity contribution is 5.78. The van der Waals surface area contributed by atoms with Crippen LogP contribution in [0.3, 0.4) is 0 Å². The molecule has 4 rings (SSSR count). The van der Waals surface area contributed by atoms with Crippen LogP contribution in [0.1, 0.15) is 12.5 Å². The van der Waals surface area contributed by atoms with E-state index in [1.54, 1.807) is 12.1 Å². The van der Waals surface area contributed by atoms with Crippen LogP contribution in [0.4, 0.5) is 5.69 Å². The van der Waals surface area contributed by atoms with Gasteiger partial charge in [0.15, 0.2) is 0 Å². The Balaban J connectivity index is 1.99. The first-order valence-corrected chi connectivity index (χ1v) is 8.74. The van der Waals surface area contributed by atoms with Gasteiger partial charge in [-0.05, 0) is 36.2 Å². The molecule has 4 aromatic rings. The van der Waals surface area contributed by atoms with Crippen LogP contribution < -0.4 is 10.3 Å². The van der Waals surface area contributed by atoms with Crippen molar-refractivity contribution in [2.24, 2.45) is 0 Å². The van der Waals surface area contributed by atoms with Crippen LogP contribution in [0.25, 0.3) is 22.3 Å². The SMILES string of the molecule is CCc1ccc2oc(-c3ccccc3)cc(=[NH+]c3ccc(O)cc3)c2c1. The maximum atomic E-state index is 9.51. The zero-order valence-corrected chi connectivity index (χ0v) is 14.6. The maximum Gasteiger partial charge on any atom is 0.218 e. The third-order valence-corrected chi connectivity index (χ3v) is 4.44. The van der Waals surface area contributed by atoms with Gasteiger partial charge in [0.25, 0.3) is 0 Å². The Morgan fingerprint density at radius 2 is 1.65 bits per heavy atom. The van der Waals surface area contributed by atoms with Gasteiger partial charge in [-0.2, -0.15) is 0 Å². The third kappa shape index (κ3) is 3.24. The molecule has 0 amide bonds. The number of fused-ring (bicyclic) bond motifs is 1. The van der Waals surface area contributed by atoms with Crippen LogP contribution in [0.15, 0.2) is 83.3 Å². The molecule has 0 spiro atoms. The summed E-state index contributed by atoms with van der Waals surface area (Å²) in [5.74, 6) is 1.06. The highest BCUT2D eigenvalue weighted by Gasteiger charge is 2.10. The van der Waals surface area contributed by atoms with Gasteiger partial charge in [0.05, 0.1) is 11.5 Å². The van der Waals surface area contributed by atoms with Gasteiger partial charge in [-0.25, -0.2) is 4.99 Å². The van der Waals surface area contributed by atoms with Gasteiger partial charge in [0.2, 0.25) is 11.0 Å². The summed E-state index contributed by atoms with van der Waals surface area (Å²) in [6.07, 6.45) is 0.967. The minimum atomic E-state index is 0.252. The highest BCUT2D eigenvalue weighted by Crippen LogP contribution is 2.22. The molecule has 1 aromatic heterocycles. The van der Waals surface area contributed by atoms with Crippen LogP contribution in [0.5, 0.6) is 5.75 Å². The van der Waals surface area contributed by atoms with Gasteiger partial charge in [0.1, 0.15) is 17.1 Å². The monoisotopic (exact) mass is 342 g/mol. The van der Waals surface area contributed by atoms with E-state index in [0.29, 0.717) is 0 Å². The first-order valence-electron chi connectivity index (χ1n) is 8.74. The Hall–Kier alpha value is -3.33. The largest absolute Gasteiger partial charge is 0.508 e. The van der Waals surface area contributed by atoms with E-state index in [1.807, 2.05) is 54.6 Å². The minimum absolute atomic E-state index is 0.252. The molecule has 0 aliphatic heterocycles. The minimum Gasteiger partial charge on any atom is -0.508 e. The van der Waals surface area contributed by atoms with Crippen molar-refractivity contribution in [3.05, 3.63) is 89.8 Å². The van der Waals surface area contributed by atoms with E-state index in [4.69, 9.17) is 4.42 Å². The summed E-state index contributed by atoms with van der Waals surface area (Å²) in [7, 11) is 0. The number of aromatic hydroxyl groups is 1. The number of phenolic OH excluding ortho intramolecular Hbond substituents is 1. The van der Waals surface area contributed by atoms with Gasteiger partial charge >= 0.3 is 0 Å². The normalized spacial score (nSPS) is 11.8. The molecular formula is C23H20NO2+. The topological polar surface area (TPSA) is 47.3 Å². The molecule has 3 heteroatoms. The van der Waals surface area contributed by atoms with Crippen LogP contribution in [-0.2, 0) is 6.42 Å². The molecule has 0 radical (unpaired) electrons. The second-order valence-corrected chi connectivity index (χ2v) is 6.25. The van der Waals surface area contributed by atoms with Crippen molar-refractivity contribution in [2.45, 2.75) is 13.3 Å². The number of aryl methyl sites for hydroxylation is 1. The lowest BCUT2D eigenvalue weighted by Gasteiger charge is -2.04. The molecule has 128 valence electrons. The molecule has 0 atom stereocenters. The van der Waals surface area contributed by atoms with Crippen molar-refractivity contribution in [2.75, 3.05) is 0 Å². The number of phenols is 1. The average Bonchev–Trinajstić information content (AvgIpc) is 2.70. The molecule has 1 heterocycles. The van der Waals surface area contributed by atoms with Gasteiger partial charge in [0, 0.05) is 17.7 Å². The van der Waals surface area contributed by atoms with E-state index >= 15 is 0 Å². The number of hydrogen-bond donors (Lipinski definition) is 2. The van der Waals surface area contributed by atoms with Crippen LogP contribution in [0, 0.1) is 0 Å². The average molecular weight is 342 g/mol. The molecule has 0 fully saturated rings. The van der Waals surface area contributed by atoms with Crippen molar-refractivity contribution >= 4 is 16.7 Å². The molecule has 0 unspecified atom stereocenters. The van der Waals surface area contributed by atoms with E-state index in [0.717, 1.165) is 39.8 Å². The van der Waals surface area contributed by atoms with Gasteiger partial charge in [-0.15, -0.1) is 0 Å². The molecule has 3 nitrogen and oxygen atoms in total. The van der Waals surface area contributed by atoms with E-state index < -0.39 is 0 Å². The van der Waals surface area contributed by atoms with Crippen LogP contribution >= 0.6 is 0 Å². The van der Waals surface area contributed by atoms with E-state index in [-0.39, 0.29) is 5.75 Å². The van der Waals surface area contributed by atoms with E-state index in [1.165, 1.54) is 5.56 Å².